The van der Waals surface area contributed by atoms with Crippen LogP contribution in [0.5, 0.6) is 0 Å². The molecule has 3 rings (SSSR count). The lowest BCUT2D eigenvalue weighted by Crippen LogP contribution is -2.23. The van der Waals surface area contributed by atoms with Crippen LogP contribution in [0.15, 0.2) is 34.8 Å². The predicted octanol–water partition coefficient (Wildman–Crippen LogP) is 5.04. The summed E-state index contributed by atoms with van der Waals surface area (Å²) in [6, 6.07) is 10.6. The van der Waals surface area contributed by atoms with Crippen LogP contribution in [0.25, 0.3) is 0 Å². The molecule has 0 saturated heterocycles. The van der Waals surface area contributed by atoms with Crippen LogP contribution >= 0.6 is 15.9 Å². The van der Waals surface area contributed by atoms with Gasteiger partial charge in [-0.3, -0.25) is 0 Å². The molecule has 1 saturated carbocycles. The molecule has 0 unspecified atom stereocenters. The quantitative estimate of drug-likeness (QED) is 0.801. The topological polar surface area (TPSA) is 49.8 Å². The van der Waals surface area contributed by atoms with E-state index < -0.39 is 0 Å². The lowest BCUT2D eigenvalue weighted by molar-refractivity contribution is 0.461. The Hall–Kier alpha value is -1.62. The monoisotopic (exact) mass is 360 g/mol. The van der Waals surface area contributed by atoms with Gasteiger partial charge in [-0.1, -0.05) is 37.5 Å². The molecule has 2 N–H and O–H groups in total. The second kappa shape index (κ2) is 7.09. The Labute approximate surface area is 139 Å². The van der Waals surface area contributed by atoms with Crippen molar-refractivity contribution in [3.8, 4) is 0 Å². The number of nitrogens with zero attached hydrogens (tertiary/aromatic N) is 2. The minimum atomic E-state index is 0.499. The van der Waals surface area contributed by atoms with Crippen molar-refractivity contribution in [1.29, 1.82) is 0 Å². The molecular formula is C17H21BrN4. The maximum absolute atomic E-state index is 4.64. The summed E-state index contributed by atoms with van der Waals surface area (Å²) < 4.78 is 0.908. The standard InChI is InChI=1S/C17H21BrN4/c1-12-15(18)16(20-13-8-4-2-5-9-13)22-17(19-12)21-14-10-6-3-7-11-14/h2,4-5,8-9,14H,3,6-7,10-11H2,1H3,(H2,19,20,21,22). The smallest absolute Gasteiger partial charge is 0.225 e. The molecule has 0 amide bonds. The molecule has 0 atom stereocenters. The van der Waals surface area contributed by atoms with E-state index in [2.05, 4.69) is 36.5 Å². The first-order valence-electron chi connectivity index (χ1n) is 7.85. The number of aromatic nitrogens is 2. The fourth-order valence-corrected chi connectivity index (χ4v) is 3.07. The van der Waals surface area contributed by atoms with Crippen molar-refractivity contribution in [3.63, 3.8) is 0 Å². The molecular weight excluding hydrogens is 340 g/mol. The predicted molar refractivity (Wildman–Crippen MR) is 94.7 cm³/mol. The average Bonchev–Trinajstić information content (AvgIpc) is 2.54. The summed E-state index contributed by atoms with van der Waals surface area (Å²) in [6.45, 7) is 1.99. The van der Waals surface area contributed by atoms with Crippen molar-refractivity contribution in [2.45, 2.75) is 45.1 Å². The van der Waals surface area contributed by atoms with Gasteiger partial charge in [0.15, 0.2) is 5.82 Å². The molecule has 0 spiro atoms. The van der Waals surface area contributed by atoms with E-state index in [1.165, 1.54) is 32.1 Å². The molecule has 0 bridgehead atoms. The zero-order valence-corrected chi connectivity index (χ0v) is 14.4. The zero-order chi connectivity index (χ0) is 15.4. The number of hydrogen-bond donors (Lipinski definition) is 2. The van der Waals surface area contributed by atoms with E-state index in [1.807, 2.05) is 37.3 Å². The molecule has 116 valence electrons. The van der Waals surface area contributed by atoms with Crippen LogP contribution in [0.2, 0.25) is 0 Å². The summed E-state index contributed by atoms with van der Waals surface area (Å²) in [5, 5.41) is 6.84. The molecule has 0 aliphatic heterocycles. The number of aryl methyl sites for hydroxylation is 1. The molecule has 5 heteroatoms. The number of benzene rings is 1. The number of rotatable bonds is 4. The van der Waals surface area contributed by atoms with E-state index >= 15 is 0 Å². The first kappa shape index (κ1) is 15.3. The van der Waals surface area contributed by atoms with Gasteiger partial charge in [0.05, 0.1) is 10.2 Å². The summed E-state index contributed by atoms with van der Waals surface area (Å²) in [7, 11) is 0. The Morgan fingerprint density at radius 3 is 2.50 bits per heavy atom. The molecule has 1 aliphatic carbocycles. The summed E-state index contributed by atoms with van der Waals surface area (Å²) in [4.78, 5) is 9.20. The Bertz CT molecular complexity index is 624. The van der Waals surface area contributed by atoms with Crippen molar-refractivity contribution in [1.82, 2.24) is 9.97 Å². The Balaban J connectivity index is 1.80. The van der Waals surface area contributed by atoms with Crippen molar-refractivity contribution in [2.24, 2.45) is 0 Å². The van der Waals surface area contributed by atoms with E-state index in [4.69, 9.17) is 0 Å². The van der Waals surface area contributed by atoms with Crippen molar-refractivity contribution in [3.05, 3.63) is 40.5 Å². The second-order valence-corrected chi connectivity index (χ2v) is 6.56. The van der Waals surface area contributed by atoms with Crippen LogP contribution in [0.1, 0.15) is 37.8 Å². The van der Waals surface area contributed by atoms with Crippen LogP contribution < -0.4 is 10.6 Å². The van der Waals surface area contributed by atoms with Gasteiger partial charge in [0.25, 0.3) is 0 Å². The van der Waals surface area contributed by atoms with Gasteiger partial charge in [-0.25, -0.2) is 4.98 Å². The van der Waals surface area contributed by atoms with E-state index in [-0.39, 0.29) is 0 Å². The molecule has 1 fully saturated rings. The van der Waals surface area contributed by atoms with Crippen LogP contribution in [0, 0.1) is 6.92 Å². The molecule has 1 aromatic heterocycles. The molecule has 0 radical (unpaired) electrons. The normalized spacial score (nSPS) is 15.5. The van der Waals surface area contributed by atoms with Gasteiger partial charge in [0.1, 0.15) is 0 Å². The summed E-state index contributed by atoms with van der Waals surface area (Å²) in [6.07, 6.45) is 6.35. The molecule has 1 heterocycles. The number of para-hydroxylation sites is 1. The van der Waals surface area contributed by atoms with Gasteiger partial charge in [0.2, 0.25) is 5.95 Å². The minimum absolute atomic E-state index is 0.499. The largest absolute Gasteiger partial charge is 0.351 e. The zero-order valence-electron chi connectivity index (χ0n) is 12.8. The maximum atomic E-state index is 4.64. The highest BCUT2D eigenvalue weighted by Crippen LogP contribution is 2.28. The third-order valence-corrected chi connectivity index (χ3v) is 4.94. The lowest BCUT2D eigenvalue weighted by atomic mass is 9.96. The van der Waals surface area contributed by atoms with Crippen LogP contribution in [0.4, 0.5) is 17.5 Å². The van der Waals surface area contributed by atoms with Crippen molar-refractivity contribution >= 4 is 33.4 Å². The van der Waals surface area contributed by atoms with Crippen molar-refractivity contribution in [2.75, 3.05) is 10.6 Å². The maximum Gasteiger partial charge on any atom is 0.225 e. The summed E-state index contributed by atoms with van der Waals surface area (Å²) in [5.41, 5.74) is 1.96. The highest BCUT2D eigenvalue weighted by Gasteiger charge is 2.16. The van der Waals surface area contributed by atoms with E-state index in [1.54, 1.807) is 0 Å². The Morgan fingerprint density at radius 2 is 1.77 bits per heavy atom. The first-order chi connectivity index (χ1) is 10.7. The fraction of sp³-hybridized carbons (Fsp3) is 0.412. The number of hydrogen-bond acceptors (Lipinski definition) is 4. The van der Waals surface area contributed by atoms with Crippen LogP contribution in [-0.2, 0) is 0 Å². The van der Waals surface area contributed by atoms with Crippen LogP contribution in [-0.4, -0.2) is 16.0 Å². The number of halogens is 1. The third kappa shape index (κ3) is 3.77. The molecule has 22 heavy (non-hydrogen) atoms. The second-order valence-electron chi connectivity index (χ2n) is 5.77. The summed E-state index contributed by atoms with van der Waals surface area (Å²) in [5.74, 6) is 1.52. The van der Waals surface area contributed by atoms with E-state index in [9.17, 15) is 0 Å². The highest BCUT2D eigenvalue weighted by molar-refractivity contribution is 9.10. The van der Waals surface area contributed by atoms with E-state index in [0.29, 0.717) is 12.0 Å². The van der Waals surface area contributed by atoms with Gasteiger partial charge in [-0.15, -0.1) is 0 Å². The van der Waals surface area contributed by atoms with Crippen LogP contribution in [0.3, 0.4) is 0 Å². The fourth-order valence-electron chi connectivity index (χ4n) is 2.79. The Kier molecular flexibility index (Phi) is 4.93. The van der Waals surface area contributed by atoms with Gasteiger partial charge in [-0.05, 0) is 47.8 Å². The minimum Gasteiger partial charge on any atom is -0.351 e. The summed E-state index contributed by atoms with van der Waals surface area (Å²) >= 11 is 3.58. The molecule has 4 nitrogen and oxygen atoms in total. The average molecular weight is 361 g/mol. The molecule has 1 aliphatic rings. The van der Waals surface area contributed by atoms with Gasteiger partial charge < -0.3 is 10.6 Å². The third-order valence-electron chi connectivity index (χ3n) is 3.99. The Morgan fingerprint density at radius 1 is 1.05 bits per heavy atom. The highest BCUT2D eigenvalue weighted by atomic mass is 79.9. The molecule has 1 aromatic carbocycles. The number of anilines is 3. The molecule has 2 aromatic rings. The van der Waals surface area contributed by atoms with E-state index in [0.717, 1.165) is 21.7 Å². The number of nitrogens with one attached hydrogen (secondary N) is 2. The van der Waals surface area contributed by atoms with Crippen molar-refractivity contribution < 1.29 is 0 Å². The lowest BCUT2D eigenvalue weighted by Gasteiger charge is -2.23. The first-order valence-corrected chi connectivity index (χ1v) is 8.64. The SMILES string of the molecule is Cc1nc(NC2CCCCC2)nc(Nc2ccccc2)c1Br. The van der Waals surface area contributed by atoms with Gasteiger partial charge in [-0.2, -0.15) is 4.98 Å². The van der Waals surface area contributed by atoms with Gasteiger partial charge in [0, 0.05) is 11.7 Å². The van der Waals surface area contributed by atoms with Gasteiger partial charge >= 0.3 is 0 Å².